The van der Waals surface area contributed by atoms with Crippen molar-refractivity contribution in [3.05, 3.63) is 42.0 Å². The summed E-state index contributed by atoms with van der Waals surface area (Å²) in [6, 6.07) is 13.2. The molecule has 0 saturated heterocycles. The van der Waals surface area contributed by atoms with E-state index in [1.165, 1.54) is 22.0 Å². The van der Waals surface area contributed by atoms with Crippen molar-refractivity contribution in [2.75, 3.05) is 11.2 Å². The number of benzene rings is 2. The molecule has 1 atom stereocenters. The number of nitrogens with one attached hydrogen (secondary N) is 1. The monoisotopic (exact) mass is 217 g/mol. The van der Waals surface area contributed by atoms with Gasteiger partial charge in [0.2, 0.25) is 0 Å². The Bertz CT molecular complexity index is 507. The first-order valence-corrected chi connectivity index (χ1v) is 5.75. The number of rotatable bonds is 1. The first-order chi connectivity index (χ1) is 7.38. The zero-order chi connectivity index (χ0) is 10.3. The zero-order valence-corrected chi connectivity index (χ0v) is 9.09. The summed E-state index contributed by atoms with van der Waals surface area (Å²) in [6.07, 6.45) is 1.04. The highest BCUT2D eigenvalue weighted by Gasteiger charge is 2.20. The molecule has 2 heteroatoms. The van der Waals surface area contributed by atoms with Gasteiger partial charge in [-0.2, -0.15) is 0 Å². The second-order valence-electron chi connectivity index (χ2n) is 4.01. The molecule has 2 aromatic rings. The average molecular weight is 218 g/mol. The van der Waals surface area contributed by atoms with Crippen LogP contribution in [0.2, 0.25) is 0 Å². The molecule has 0 amide bonds. The van der Waals surface area contributed by atoms with Crippen LogP contribution in [0, 0.1) is 0 Å². The fourth-order valence-electron chi connectivity index (χ4n) is 2.30. The van der Waals surface area contributed by atoms with E-state index < -0.39 is 0 Å². The summed E-state index contributed by atoms with van der Waals surface area (Å²) in [5.41, 5.74) is 2.66. The highest BCUT2D eigenvalue weighted by atomic mass is 35.5. The van der Waals surface area contributed by atoms with Gasteiger partial charge in [-0.15, -0.1) is 11.6 Å². The molecule has 0 aromatic heterocycles. The molecule has 1 unspecified atom stereocenters. The van der Waals surface area contributed by atoms with Gasteiger partial charge < -0.3 is 5.32 Å². The van der Waals surface area contributed by atoms with Gasteiger partial charge in [0.25, 0.3) is 0 Å². The van der Waals surface area contributed by atoms with E-state index in [0.29, 0.717) is 11.9 Å². The number of alkyl halides is 1. The first-order valence-electron chi connectivity index (χ1n) is 5.21. The minimum absolute atomic E-state index is 0.396. The number of hydrogen-bond acceptors (Lipinski definition) is 1. The summed E-state index contributed by atoms with van der Waals surface area (Å²) in [7, 11) is 0. The smallest absolute Gasteiger partial charge is 0.0438 e. The van der Waals surface area contributed by atoms with Gasteiger partial charge in [-0.25, -0.2) is 0 Å². The number of halogens is 1. The molecule has 0 spiro atoms. The zero-order valence-electron chi connectivity index (χ0n) is 8.33. The summed E-state index contributed by atoms with van der Waals surface area (Å²) < 4.78 is 0. The van der Waals surface area contributed by atoms with Gasteiger partial charge in [-0.05, 0) is 28.8 Å². The Labute approximate surface area is 94.1 Å². The predicted octanol–water partition coefficient (Wildman–Crippen LogP) is 3.42. The number of fused-ring (bicyclic) bond motifs is 3. The lowest BCUT2D eigenvalue weighted by Crippen LogP contribution is -2.16. The van der Waals surface area contributed by atoms with Crippen molar-refractivity contribution in [2.24, 2.45) is 0 Å². The Kier molecular flexibility index (Phi) is 2.06. The fourth-order valence-corrected chi connectivity index (χ4v) is 2.49. The van der Waals surface area contributed by atoms with Crippen LogP contribution in [0.25, 0.3) is 10.8 Å². The van der Waals surface area contributed by atoms with Crippen molar-refractivity contribution in [2.45, 2.75) is 12.5 Å². The summed E-state index contributed by atoms with van der Waals surface area (Å²) in [4.78, 5) is 0. The Morgan fingerprint density at radius 3 is 2.93 bits per heavy atom. The molecule has 1 nitrogen and oxygen atoms in total. The standard InChI is InChI=1S/C13H12ClN/c14-8-10-7-12-11-4-2-1-3-9(11)5-6-13(12)15-10/h1-6,10,15H,7-8H2. The lowest BCUT2D eigenvalue weighted by Gasteiger charge is -2.04. The highest BCUT2D eigenvalue weighted by Crippen LogP contribution is 2.32. The van der Waals surface area contributed by atoms with Crippen molar-refractivity contribution < 1.29 is 0 Å². The molecule has 76 valence electrons. The van der Waals surface area contributed by atoms with Crippen LogP contribution in [-0.4, -0.2) is 11.9 Å². The van der Waals surface area contributed by atoms with E-state index in [1.54, 1.807) is 0 Å². The molecule has 1 aliphatic rings. The van der Waals surface area contributed by atoms with Gasteiger partial charge >= 0.3 is 0 Å². The third-order valence-electron chi connectivity index (χ3n) is 3.04. The molecule has 0 fully saturated rings. The second-order valence-corrected chi connectivity index (χ2v) is 4.32. The second kappa shape index (κ2) is 3.42. The van der Waals surface area contributed by atoms with Crippen molar-refractivity contribution in [3.63, 3.8) is 0 Å². The Morgan fingerprint density at radius 1 is 1.20 bits per heavy atom. The molecule has 15 heavy (non-hydrogen) atoms. The predicted molar refractivity (Wildman–Crippen MR) is 65.8 cm³/mol. The summed E-state index contributed by atoms with van der Waals surface area (Å²) >= 11 is 5.89. The van der Waals surface area contributed by atoms with Crippen molar-refractivity contribution >= 4 is 28.1 Å². The van der Waals surface area contributed by atoms with Crippen molar-refractivity contribution in [1.29, 1.82) is 0 Å². The summed E-state index contributed by atoms with van der Waals surface area (Å²) in [6.45, 7) is 0. The summed E-state index contributed by atoms with van der Waals surface area (Å²) in [5.74, 6) is 0.670. The molecule has 0 bridgehead atoms. The fraction of sp³-hybridized carbons (Fsp3) is 0.231. The lowest BCUT2D eigenvalue weighted by atomic mass is 10.0. The first kappa shape index (κ1) is 9.05. The van der Waals surface area contributed by atoms with Crippen molar-refractivity contribution in [3.8, 4) is 0 Å². The third-order valence-corrected chi connectivity index (χ3v) is 3.41. The normalized spacial score (nSPS) is 18.9. The minimum atomic E-state index is 0.396. The van der Waals surface area contributed by atoms with Gasteiger partial charge in [0, 0.05) is 17.6 Å². The van der Waals surface area contributed by atoms with Gasteiger partial charge in [-0.3, -0.25) is 0 Å². The van der Waals surface area contributed by atoms with E-state index in [4.69, 9.17) is 11.6 Å². The van der Waals surface area contributed by atoms with E-state index in [0.717, 1.165) is 6.42 Å². The molecule has 3 rings (SSSR count). The molecule has 0 radical (unpaired) electrons. The topological polar surface area (TPSA) is 12.0 Å². The maximum atomic E-state index is 5.89. The van der Waals surface area contributed by atoms with Crippen LogP contribution in [-0.2, 0) is 6.42 Å². The lowest BCUT2D eigenvalue weighted by molar-refractivity contribution is 0.850. The van der Waals surface area contributed by atoms with Gasteiger partial charge in [0.05, 0.1) is 0 Å². The van der Waals surface area contributed by atoms with E-state index in [1.807, 2.05) is 0 Å². The molecule has 2 aromatic carbocycles. The van der Waals surface area contributed by atoms with E-state index in [2.05, 4.69) is 41.7 Å². The molecule has 1 aliphatic heterocycles. The number of anilines is 1. The van der Waals surface area contributed by atoms with Crippen LogP contribution in [0.1, 0.15) is 5.56 Å². The Morgan fingerprint density at radius 2 is 2.07 bits per heavy atom. The van der Waals surface area contributed by atoms with E-state index >= 15 is 0 Å². The van der Waals surface area contributed by atoms with Crippen LogP contribution in [0.3, 0.4) is 0 Å². The molecule has 1 N–H and O–H groups in total. The van der Waals surface area contributed by atoms with Crippen molar-refractivity contribution in [1.82, 2.24) is 0 Å². The Hall–Kier alpha value is -1.21. The summed E-state index contributed by atoms with van der Waals surface area (Å²) in [5, 5.41) is 6.11. The maximum absolute atomic E-state index is 5.89. The molecule has 0 saturated carbocycles. The molecule has 1 heterocycles. The third kappa shape index (κ3) is 1.38. The van der Waals surface area contributed by atoms with Gasteiger partial charge in [-0.1, -0.05) is 30.3 Å². The van der Waals surface area contributed by atoms with Crippen LogP contribution < -0.4 is 5.32 Å². The molecular weight excluding hydrogens is 206 g/mol. The Balaban J connectivity index is 2.20. The SMILES string of the molecule is ClCC1Cc2c(ccc3ccccc23)N1. The van der Waals surface area contributed by atoms with E-state index in [9.17, 15) is 0 Å². The highest BCUT2D eigenvalue weighted by molar-refractivity contribution is 6.18. The average Bonchev–Trinajstić information content (AvgIpc) is 2.72. The largest absolute Gasteiger partial charge is 0.381 e. The van der Waals surface area contributed by atoms with Crippen LogP contribution >= 0.6 is 11.6 Å². The van der Waals surface area contributed by atoms with Gasteiger partial charge in [0.15, 0.2) is 0 Å². The number of hydrogen-bond donors (Lipinski definition) is 1. The van der Waals surface area contributed by atoms with E-state index in [-0.39, 0.29) is 0 Å². The van der Waals surface area contributed by atoms with Crippen LogP contribution in [0.5, 0.6) is 0 Å². The molecule has 0 aliphatic carbocycles. The van der Waals surface area contributed by atoms with Gasteiger partial charge in [0.1, 0.15) is 0 Å². The maximum Gasteiger partial charge on any atom is 0.0438 e. The molecular formula is C13H12ClN. The van der Waals surface area contributed by atoms with Crippen LogP contribution in [0.4, 0.5) is 5.69 Å². The quantitative estimate of drug-likeness (QED) is 0.722. The minimum Gasteiger partial charge on any atom is -0.381 e. The van der Waals surface area contributed by atoms with Crippen LogP contribution in [0.15, 0.2) is 36.4 Å².